The number of nitrogens with zero attached hydrogens (tertiary/aromatic N) is 1. The molecule has 0 aliphatic heterocycles. The second-order valence-corrected chi connectivity index (χ2v) is 6.80. The maximum absolute atomic E-state index is 12.4. The number of halogens is 1. The summed E-state index contributed by atoms with van der Waals surface area (Å²) in [5.41, 5.74) is 2.07. The molecule has 0 spiro atoms. The van der Waals surface area contributed by atoms with Crippen molar-refractivity contribution in [1.82, 2.24) is 4.98 Å². The van der Waals surface area contributed by atoms with E-state index in [9.17, 15) is 4.79 Å². The van der Waals surface area contributed by atoms with Crippen molar-refractivity contribution >= 4 is 34.5 Å². The number of hydrogen-bond donors (Lipinski definition) is 1. The van der Waals surface area contributed by atoms with Crippen molar-refractivity contribution in [3.05, 3.63) is 69.1 Å². The van der Waals surface area contributed by atoms with E-state index in [0.29, 0.717) is 28.6 Å². The van der Waals surface area contributed by atoms with Gasteiger partial charge in [-0.2, -0.15) is 0 Å². The van der Waals surface area contributed by atoms with Gasteiger partial charge in [0.1, 0.15) is 17.2 Å². The fraction of sp³-hybridized carbons (Fsp3) is 0.158. The van der Waals surface area contributed by atoms with E-state index in [1.54, 1.807) is 37.8 Å². The minimum atomic E-state index is -0.275. The Labute approximate surface area is 160 Å². The van der Waals surface area contributed by atoms with Crippen LogP contribution in [0.1, 0.15) is 21.1 Å². The summed E-state index contributed by atoms with van der Waals surface area (Å²) in [5.74, 6) is 1.09. The number of carbonyl (C=O) groups is 1. The van der Waals surface area contributed by atoms with E-state index in [2.05, 4.69) is 10.3 Å². The van der Waals surface area contributed by atoms with E-state index in [1.165, 1.54) is 11.3 Å². The number of nitrogens with one attached hydrogen (secondary N) is 1. The van der Waals surface area contributed by atoms with Crippen LogP contribution in [-0.4, -0.2) is 25.1 Å². The summed E-state index contributed by atoms with van der Waals surface area (Å²) in [5, 5.41) is 5.84. The Balaban J connectivity index is 1.66. The summed E-state index contributed by atoms with van der Waals surface area (Å²) in [6, 6.07) is 12.9. The molecule has 0 radical (unpaired) electrons. The summed E-state index contributed by atoms with van der Waals surface area (Å²) in [4.78, 5) is 16.8. The van der Waals surface area contributed by atoms with Crippen LogP contribution in [0.5, 0.6) is 11.5 Å². The number of thiazole rings is 1. The first-order chi connectivity index (χ1) is 12.6. The molecule has 1 heterocycles. The Kier molecular flexibility index (Phi) is 5.75. The van der Waals surface area contributed by atoms with E-state index >= 15 is 0 Å². The lowest BCUT2D eigenvalue weighted by atomic mass is 10.1. The Hall–Kier alpha value is -2.57. The zero-order valence-electron chi connectivity index (χ0n) is 14.3. The number of anilines is 1. The van der Waals surface area contributed by atoms with Gasteiger partial charge in [0.15, 0.2) is 0 Å². The highest BCUT2D eigenvalue weighted by molar-refractivity contribution is 7.09. The van der Waals surface area contributed by atoms with Gasteiger partial charge in [-0.25, -0.2) is 4.98 Å². The van der Waals surface area contributed by atoms with Gasteiger partial charge in [-0.3, -0.25) is 4.79 Å². The average Bonchev–Trinajstić information content (AvgIpc) is 3.11. The first kappa shape index (κ1) is 18.2. The normalized spacial score (nSPS) is 10.4. The van der Waals surface area contributed by atoms with Gasteiger partial charge < -0.3 is 14.8 Å². The number of ether oxygens (including phenoxy) is 2. The van der Waals surface area contributed by atoms with Crippen LogP contribution in [-0.2, 0) is 6.42 Å². The molecule has 0 atom stereocenters. The molecule has 0 aliphatic carbocycles. The molecule has 3 rings (SSSR count). The molecule has 0 fully saturated rings. The fourth-order valence-corrected chi connectivity index (χ4v) is 3.42. The van der Waals surface area contributed by atoms with Gasteiger partial charge in [-0.1, -0.05) is 23.7 Å². The number of aromatic nitrogens is 1. The quantitative estimate of drug-likeness (QED) is 0.667. The number of benzene rings is 2. The van der Waals surface area contributed by atoms with Crippen molar-refractivity contribution in [2.24, 2.45) is 0 Å². The standard InChI is InChI=1S/C19H17ClN2O3S/c1-24-14-6-3-12(4-7-14)9-18-22-16(11-26-18)19(23)21-13-5-8-17(25-2)15(20)10-13/h3-8,10-11H,9H2,1-2H3,(H,21,23). The third-order valence-electron chi connectivity index (χ3n) is 3.71. The summed E-state index contributed by atoms with van der Waals surface area (Å²) < 4.78 is 10.3. The lowest BCUT2D eigenvalue weighted by Gasteiger charge is -2.07. The van der Waals surface area contributed by atoms with Gasteiger partial charge in [0.05, 0.1) is 24.2 Å². The molecular weight excluding hydrogens is 372 g/mol. The lowest BCUT2D eigenvalue weighted by Crippen LogP contribution is -2.12. The lowest BCUT2D eigenvalue weighted by molar-refractivity contribution is 0.102. The first-order valence-electron chi connectivity index (χ1n) is 7.81. The van der Waals surface area contributed by atoms with E-state index in [4.69, 9.17) is 21.1 Å². The highest BCUT2D eigenvalue weighted by Gasteiger charge is 2.12. The van der Waals surface area contributed by atoms with Crippen molar-refractivity contribution in [2.45, 2.75) is 6.42 Å². The van der Waals surface area contributed by atoms with Crippen LogP contribution in [0.15, 0.2) is 47.8 Å². The topological polar surface area (TPSA) is 60.5 Å². The number of methoxy groups -OCH3 is 2. The van der Waals surface area contributed by atoms with Crippen LogP contribution in [0.25, 0.3) is 0 Å². The van der Waals surface area contributed by atoms with Gasteiger partial charge in [0, 0.05) is 17.5 Å². The van der Waals surface area contributed by atoms with Crippen molar-refractivity contribution in [1.29, 1.82) is 0 Å². The molecule has 26 heavy (non-hydrogen) atoms. The molecule has 5 nitrogen and oxygen atoms in total. The summed E-state index contributed by atoms with van der Waals surface area (Å²) in [6.45, 7) is 0. The predicted molar refractivity (Wildman–Crippen MR) is 104 cm³/mol. The molecular formula is C19H17ClN2O3S. The molecule has 3 aromatic rings. The van der Waals surface area contributed by atoms with Gasteiger partial charge in [-0.15, -0.1) is 11.3 Å². The van der Waals surface area contributed by atoms with E-state index in [0.717, 1.165) is 16.3 Å². The fourth-order valence-electron chi connectivity index (χ4n) is 2.35. The molecule has 134 valence electrons. The minimum Gasteiger partial charge on any atom is -0.497 e. The molecule has 7 heteroatoms. The highest BCUT2D eigenvalue weighted by atomic mass is 35.5. The number of rotatable bonds is 6. The van der Waals surface area contributed by atoms with E-state index < -0.39 is 0 Å². The van der Waals surface area contributed by atoms with Crippen LogP contribution < -0.4 is 14.8 Å². The molecule has 0 saturated carbocycles. The summed E-state index contributed by atoms with van der Waals surface area (Å²) >= 11 is 7.53. The van der Waals surface area contributed by atoms with Crippen molar-refractivity contribution in [3.63, 3.8) is 0 Å². The van der Waals surface area contributed by atoms with E-state index in [1.807, 2.05) is 24.3 Å². The molecule has 1 N–H and O–H groups in total. The molecule has 1 amide bonds. The Bertz CT molecular complexity index is 909. The van der Waals surface area contributed by atoms with Crippen molar-refractivity contribution in [2.75, 3.05) is 19.5 Å². The van der Waals surface area contributed by atoms with Crippen LogP contribution in [0.4, 0.5) is 5.69 Å². The molecule has 0 aliphatic rings. The second kappa shape index (κ2) is 8.21. The molecule has 0 saturated heterocycles. The second-order valence-electron chi connectivity index (χ2n) is 5.45. The Morgan fingerprint density at radius 3 is 2.58 bits per heavy atom. The summed E-state index contributed by atoms with van der Waals surface area (Å²) in [6.07, 6.45) is 0.663. The molecule has 1 aromatic heterocycles. The van der Waals surface area contributed by atoms with Gasteiger partial charge in [0.2, 0.25) is 0 Å². The minimum absolute atomic E-state index is 0.275. The smallest absolute Gasteiger partial charge is 0.275 e. The van der Waals surface area contributed by atoms with Crippen LogP contribution in [0, 0.1) is 0 Å². The molecule has 2 aromatic carbocycles. The zero-order chi connectivity index (χ0) is 18.5. The van der Waals surface area contributed by atoms with Crippen LogP contribution >= 0.6 is 22.9 Å². The number of hydrogen-bond acceptors (Lipinski definition) is 5. The third-order valence-corrected chi connectivity index (χ3v) is 4.85. The monoisotopic (exact) mass is 388 g/mol. The van der Waals surface area contributed by atoms with Crippen molar-refractivity contribution < 1.29 is 14.3 Å². The predicted octanol–water partition coefficient (Wildman–Crippen LogP) is 4.66. The maximum atomic E-state index is 12.4. The highest BCUT2D eigenvalue weighted by Crippen LogP contribution is 2.27. The first-order valence-corrected chi connectivity index (χ1v) is 9.07. The van der Waals surface area contributed by atoms with Crippen molar-refractivity contribution in [3.8, 4) is 11.5 Å². The van der Waals surface area contributed by atoms with Gasteiger partial charge in [0.25, 0.3) is 5.91 Å². The largest absolute Gasteiger partial charge is 0.497 e. The summed E-state index contributed by atoms with van der Waals surface area (Å²) in [7, 11) is 3.18. The Morgan fingerprint density at radius 2 is 1.92 bits per heavy atom. The number of carbonyl (C=O) groups excluding carboxylic acids is 1. The average molecular weight is 389 g/mol. The zero-order valence-corrected chi connectivity index (χ0v) is 15.9. The maximum Gasteiger partial charge on any atom is 0.275 e. The van der Waals surface area contributed by atoms with Crippen LogP contribution in [0.3, 0.4) is 0 Å². The number of amides is 1. The third kappa shape index (κ3) is 4.33. The molecule has 0 unspecified atom stereocenters. The molecule has 0 bridgehead atoms. The Morgan fingerprint density at radius 1 is 1.15 bits per heavy atom. The van der Waals surface area contributed by atoms with Gasteiger partial charge >= 0.3 is 0 Å². The van der Waals surface area contributed by atoms with Gasteiger partial charge in [-0.05, 0) is 35.9 Å². The van der Waals surface area contributed by atoms with E-state index in [-0.39, 0.29) is 5.91 Å². The van der Waals surface area contributed by atoms with Crippen LogP contribution in [0.2, 0.25) is 5.02 Å². The SMILES string of the molecule is COc1ccc(Cc2nc(C(=O)Nc3ccc(OC)c(Cl)c3)cs2)cc1.